The van der Waals surface area contributed by atoms with Crippen LogP contribution >= 0.6 is 0 Å². The lowest BCUT2D eigenvalue weighted by Crippen LogP contribution is -2.27. The van der Waals surface area contributed by atoms with E-state index in [9.17, 15) is 0 Å². The van der Waals surface area contributed by atoms with Gasteiger partial charge in [-0.05, 0) is 174 Å². The van der Waals surface area contributed by atoms with E-state index in [4.69, 9.17) is 9.72 Å². The van der Waals surface area contributed by atoms with Crippen molar-refractivity contribution in [1.82, 2.24) is 9.55 Å². The number of ether oxygens (including phenoxy) is 1. The summed E-state index contributed by atoms with van der Waals surface area (Å²) in [7, 11) is 0. The molecule has 1 aliphatic rings. The lowest BCUT2D eigenvalue weighted by atomic mass is 9.80. The van der Waals surface area contributed by atoms with Crippen LogP contribution in [0.1, 0.15) is 166 Å². The van der Waals surface area contributed by atoms with Gasteiger partial charge in [0, 0.05) is 5.56 Å². The molecule has 2 heterocycles. The molecule has 10 aromatic rings. The van der Waals surface area contributed by atoms with Gasteiger partial charge in [0.1, 0.15) is 23.5 Å². The van der Waals surface area contributed by atoms with Gasteiger partial charge in [-0.2, -0.15) is 0 Å². The highest BCUT2D eigenvalue weighted by Crippen LogP contribution is 2.53. The van der Waals surface area contributed by atoms with Crippen LogP contribution in [-0.4, -0.2) is 9.55 Å². The summed E-state index contributed by atoms with van der Waals surface area (Å²) in [6.07, 6.45) is -0.236. The molecular formula is C76H80N4O. The van der Waals surface area contributed by atoms with Gasteiger partial charge in [0.15, 0.2) is 0 Å². The first kappa shape index (κ1) is 54.8. The highest BCUT2D eigenvalue weighted by atomic mass is 16.5. The number of nitrogens with one attached hydrogen (secondary N) is 1. The molecule has 1 atom stereocenters. The molecule has 0 fully saturated rings. The van der Waals surface area contributed by atoms with Crippen molar-refractivity contribution in [3.05, 3.63) is 233 Å². The number of rotatable bonds is 13. The molecule has 1 aliphatic heterocycles. The van der Waals surface area contributed by atoms with E-state index in [1.807, 2.05) is 0 Å². The van der Waals surface area contributed by atoms with Crippen molar-refractivity contribution in [3.63, 3.8) is 0 Å². The third kappa shape index (κ3) is 10.7. The molecule has 1 aromatic heterocycles. The highest BCUT2D eigenvalue weighted by molar-refractivity contribution is 5.89. The Labute approximate surface area is 482 Å². The molecule has 5 nitrogen and oxygen atoms in total. The largest absolute Gasteiger partial charge is 0.457 e. The number of hydrogen-bond acceptors (Lipinski definition) is 4. The Hall–Kier alpha value is -8.15. The predicted octanol–water partition coefficient (Wildman–Crippen LogP) is 21.8. The van der Waals surface area contributed by atoms with Gasteiger partial charge in [-0.3, -0.25) is 4.57 Å². The highest BCUT2D eigenvalue weighted by Gasteiger charge is 2.36. The number of nitrogens with zero attached hydrogens (tertiary/aromatic N) is 3. The number of para-hydroxylation sites is 5. The van der Waals surface area contributed by atoms with Gasteiger partial charge in [-0.25, -0.2) is 4.98 Å². The SMILES string of the molecule is CC(C)c1cc(-c2ccccc2)cc(C(C)C)c1N1c2ccccc2NC1c1cc(Oc2cc(-c3ccc(-c4ccccc4)cc3C(C)(C)C)cc(-c3nc4ccccc4n3-c3c(C(C)C)cccc3C(C)C)c2)cc(C(C)(C)C)c1. The Morgan fingerprint density at radius 2 is 1.01 bits per heavy atom. The fourth-order valence-corrected chi connectivity index (χ4v) is 12.1. The maximum atomic E-state index is 7.52. The number of imidazole rings is 1. The molecule has 5 heteroatoms. The van der Waals surface area contributed by atoms with Gasteiger partial charge < -0.3 is 15.0 Å². The minimum Gasteiger partial charge on any atom is -0.457 e. The molecule has 81 heavy (non-hydrogen) atoms. The van der Waals surface area contributed by atoms with E-state index in [-0.39, 0.29) is 40.7 Å². The molecule has 0 bridgehead atoms. The van der Waals surface area contributed by atoms with Gasteiger partial charge in [0.25, 0.3) is 0 Å². The average Bonchev–Trinajstić information content (AvgIpc) is 3.62. The van der Waals surface area contributed by atoms with Crippen molar-refractivity contribution >= 4 is 28.1 Å². The normalized spacial score (nSPS) is 13.7. The Balaban J connectivity index is 1.13. The predicted molar refractivity (Wildman–Crippen MR) is 344 cm³/mol. The van der Waals surface area contributed by atoms with Crippen LogP contribution in [0.15, 0.2) is 194 Å². The monoisotopic (exact) mass is 1060 g/mol. The second kappa shape index (κ2) is 21.7. The quantitative estimate of drug-likeness (QED) is 0.125. The second-order valence-electron chi connectivity index (χ2n) is 25.7. The van der Waals surface area contributed by atoms with E-state index in [2.05, 4.69) is 306 Å². The molecule has 1 N–H and O–H groups in total. The molecule has 0 aliphatic carbocycles. The molecule has 1 unspecified atom stereocenters. The smallest absolute Gasteiger partial charge is 0.145 e. The van der Waals surface area contributed by atoms with Crippen molar-refractivity contribution < 1.29 is 4.74 Å². The summed E-state index contributed by atoms with van der Waals surface area (Å²) >= 11 is 0. The van der Waals surface area contributed by atoms with Gasteiger partial charge in [-0.15, -0.1) is 0 Å². The first-order valence-electron chi connectivity index (χ1n) is 29.4. The van der Waals surface area contributed by atoms with E-state index in [1.54, 1.807) is 0 Å². The first-order chi connectivity index (χ1) is 38.7. The third-order valence-electron chi connectivity index (χ3n) is 16.4. The maximum absolute atomic E-state index is 7.52. The molecule has 0 spiro atoms. The van der Waals surface area contributed by atoms with Crippen molar-refractivity contribution in [2.45, 2.75) is 138 Å². The van der Waals surface area contributed by atoms with E-state index < -0.39 is 0 Å². The van der Waals surface area contributed by atoms with Crippen LogP contribution in [0.4, 0.5) is 17.1 Å². The summed E-state index contributed by atoms with van der Waals surface area (Å²) in [5.74, 6) is 3.47. The standard InChI is InChI=1S/C76H80N4O/c1-47(2)61-30-25-31-62(48(3)4)71(61)79-69-34-23-21-32-67(69)77-73(79)56-38-55(63-37-36-53(45-66(63)76(12,13)14)51-26-17-15-18-27-51)40-59(41-56)81-60-42-57(39-58(46-60)75(9,10)11)74-78-68-33-22-24-35-70(68)80(74)72-64(49(5)6)43-54(44-65(72)50(7)8)52-28-19-16-20-29-52/h15-50,74,78H,1-14H3. The van der Waals surface area contributed by atoms with Gasteiger partial charge >= 0.3 is 0 Å². The molecule has 0 saturated carbocycles. The summed E-state index contributed by atoms with van der Waals surface area (Å²) < 4.78 is 9.96. The summed E-state index contributed by atoms with van der Waals surface area (Å²) in [4.78, 5) is 8.17. The van der Waals surface area contributed by atoms with Crippen LogP contribution in [0.2, 0.25) is 0 Å². The number of benzene rings is 9. The van der Waals surface area contributed by atoms with Crippen molar-refractivity contribution in [2.75, 3.05) is 10.2 Å². The zero-order valence-corrected chi connectivity index (χ0v) is 50.1. The Bertz CT molecular complexity index is 3870. The van der Waals surface area contributed by atoms with E-state index in [0.29, 0.717) is 0 Å². The Kier molecular flexibility index (Phi) is 14.7. The van der Waals surface area contributed by atoms with E-state index >= 15 is 0 Å². The van der Waals surface area contributed by atoms with Gasteiger partial charge in [0.2, 0.25) is 0 Å². The molecule has 410 valence electrons. The Morgan fingerprint density at radius 3 is 1.63 bits per heavy atom. The second-order valence-corrected chi connectivity index (χ2v) is 25.7. The maximum Gasteiger partial charge on any atom is 0.145 e. The van der Waals surface area contributed by atoms with Crippen LogP contribution in [0.3, 0.4) is 0 Å². The summed E-state index contributed by atoms with van der Waals surface area (Å²) in [6, 6.07) is 71.4. The lowest BCUT2D eigenvalue weighted by molar-refractivity contribution is 0.477. The van der Waals surface area contributed by atoms with Gasteiger partial charge in [-0.1, -0.05) is 224 Å². The zero-order chi connectivity index (χ0) is 57.1. The van der Waals surface area contributed by atoms with Crippen LogP contribution in [0.5, 0.6) is 11.5 Å². The summed E-state index contributed by atoms with van der Waals surface area (Å²) in [5.41, 5.74) is 23.3. The topological polar surface area (TPSA) is 42.3 Å². The summed E-state index contributed by atoms with van der Waals surface area (Å²) in [6.45, 7) is 32.4. The molecule has 11 rings (SSSR count). The van der Waals surface area contributed by atoms with Crippen LogP contribution in [-0.2, 0) is 10.8 Å². The van der Waals surface area contributed by atoms with Crippen LogP contribution in [0, 0.1) is 0 Å². The van der Waals surface area contributed by atoms with Gasteiger partial charge in [0.05, 0.1) is 33.8 Å². The lowest BCUT2D eigenvalue weighted by Gasteiger charge is -2.34. The molecular weight excluding hydrogens is 985 g/mol. The average molecular weight is 1070 g/mol. The Morgan fingerprint density at radius 1 is 0.444 bits per heavy atom. The molecule has 0 amide bonds. The summed E-state index contributed by atoms with van der Waals surface area (Å²) in [5, 5.41) is 4.06. The minimum absolute atomic E-state index is 0.187. The van der Waals surface area contributed by atoms with E-state index in [1.165, 1.54) is 67.0 Å². The minimum atomic E-state index is -0.236. The van der Waals surface area contributed by atoms with Crippen LogP contribution in [0.25, 0.3) is 61.5 Å². The fraction of sp³-hybridized carbons (Fsp3) is 0.276. The number of anilines is 3. The van der Waals surface area contributed by atoms with Crippen LogP contribution < -0.4 is 15.0 Å². The van der Waals surface area contributed by atoms with Crippen molar-refractivity contribution in [2.24, 2.45) is 0 Å². The molecule has 0 saturated heterocycles. The van der Waals surface area contributed by atoms with Crippen molar-refractivity contribution in [1.29, 1.82) is 0 Å². The molecule has 9 aromatic carbocycles. The third-order valence-corrected chi connectivity index (χ3v) is 16.4. The van der Waals surface area contributed by atoms with E-state index in [0.717, 1.165) is 62.0 Å². The van der Waals surface area contributed by atoms with Crippen molar-refractivity contribution in [3.8, 4) is 62.0 Å². The number of fused-ring (bicyclic) bond motifs is 2. The molecule has 0 radical (unpaired) electrons. The first-order valence-corrected chi connectivity index (χ1v) is 29.4. The number of aromatic nitrogens is 2. The zero-order valence-electron chi connectivity index (χ0n) is 50.1. The number of hydrogen-bond donors (Lipinski definition) is 1. The fourth-order valence-electron chi connectivity index (χ4n) is 12.1.